The molecule has 0 amide bonds. The van der Waals surface area contributed by atoms with Crippen LogP contribution in [-0.4, -0.2) is 37.8 Å². The molecule has 128 valence electrons. The minimum absolute atomic E-state index is 0. The molecule has 0 spiro atoms. The van der Waals surface area contributed by atoms with E-state index in [2.05, 4.69) is 15.6 Å². The third kappa shape index (κ3) is 4.76. The number of nitrogens with one attached hydrogen (secondary N) is 2. The summed E-state index contributed by atoms with van der Waals surface area (Å²) in [5.41, 5.74) is 0.628. The number of halogens is 3. The van der Waals surface area contributed by atoms with Gasteiger partial charge >= 0.3 is 0 Å². The maximum absolute atomic E-state index is 13.1. The van der Waals surface area contributed by atoms with Crippen molar-refractivity contribution in [1.82, 2.24) is 10.6 Å². The number of ether oxygens (including phenoxy) is 1. The predicted octanol–water partition coefficient (Wildman–Crippen LogP) is 2.61. The van der Waals surface area contributed by atoms with Crippen molar-refractivity contribution in [3.63, 3.8) is 0 Å². The highest BCUT2D eigenvalue weighted by Crippen LogP contribution is 2.34. The number of benzene rings is 1. The average Bonchev–Trinajstić information content (AvgIpc) is 3.07. The summed E-state index contributed by atoms with van der Waals surface area (Å²) in [5.74, 6) is -0.383. The van der Waals surface area contributed by atoms with Gasteiger partial charge in [0.1, 0.15) is 11.6 Å². The standard InChI is InChI=1S/C16H21F2N3O.HI/c1-19-16(21-14-9-13-2-3-15(14)22-13)20-5-4-10-6-11(17)8-12(18)7-10;/h6-8,13-15H,2-5,9H2,1H3,(H2,19,20,21);1H. The van der Waals surface area contributed by atoms with E-state index in [1.165, 1.54) is 12.1 Å². The fraction of sp³-hybridized carbons (Fsp3) is 0.562. The average molecular weight is 437 g/mol. The second-order valence-corrected chi connectivity index (χ2v) is 5.89. The minimum Gasteiger partial charge on any atom is -0.373 e. The second kappa shape index (κ2) is 8.23. The SMILES string of the molecule is CN=C(NCCc1cc(F)cc(F)c1)NC1CC2CCC1O2.I. The van der Waals surface area contributed by atoms with Crippen LogP contribution in [0.5, 0.6) is 0 Å². The third-order valence-corrected chi connectivity index (χ3v) is 4.28. The summed E-state index contributed by atoms with van der Waals surface area (Å²) < 4.78 is 32.1. The summed E-state index contributed by atoms with van der Waals surface area (Å²) in [5, 5.41) is 6.55. The topological polar surface area (TPSA) is 45.7 Å². The van der Waals surface area contributed by atoms with Crippen molar-refractivity contribution in [2.24, 2.45) is 4.99 Å². The highest BCUT2D eigenvalue weighted by atomic mass is 127. The lowest BCUT2D eigenvalue weighted by molar-refractivity contribution is 0.0992. The first kappa shape index (κ1) is 18.4. The van der Waals surface area contributed by atoms with Crippen molar-refractivity contribution in [3.8, 4) is 0 Å². The van der Waals surface area contributed by atoms with Gasteiger partial charge in [0.2, 0.25) is 0 Å². The maximum atomic E-state index is 13.1. The molecule has 3 unspecified atom stereocenters. The molecule has 3 rings (SSSR count). The highest BCUT2D eigenvalue weighted by molar-refractivity contribution is 14.0. The number of aliphatic imine (C=N–C) groups is 1. The normalized spacial score (nSPS) is 26.0. The van der Waals surface area contributed by atoms with E-state index in [-0.39, 0.29) is 30.1 Å². The van der Waals surface area contributed by atoms with Crippen LogP contribution in [0, 0.1) is 11.6 Å². The van der Waals surface area contributed by atoms with Crippen molar-refractivity contribution in [3.05, 3.63) is 35.4 Å². The Morgan fingerprint density at radius 3 is 2.57 bits per heavy atom. The second-order valence-electron chi connectivity index (χ2n) is 5.89. The van der Waals surface area contributed by atoms with Crippen LogP contribution >= 0.6 is 24.0 Å². The Morgan fingerprint density at radius 2 is 2.00 bits per heavy atom. The van der Waals surface area contributed by atoms with Crippen molar-refractivity contribution in [2.45, 2.75) is 43.9 Å². The van der Waals surface area contributed by atoms with Gasteiger partial charge in [-0.1, -0.05) is 0 Å². The molecule has 2 N–H and O–H groups in total. The van der Waals surface area contributed by atoms with Gasteiger partial charge in [-0.3, -0.25) is 4.99 Å². The molecule has 2 aliphatic rings. The molecular weight excluding hydrogens is 415 g/mol. The molecule has 2 bridgehead atoms. The van der Waals surface area contributed by atoms with Crippen LogP contribution in [0.2, 0.25) is 0 Å². The predicted molar refractivity (Wildman–Crippen MR) is 96.3 cm³/mol. The summed E-state index contributed by atoms with van der Waals surface area (Å²) in [4.78, 5) is 4.19. The van der Waals surface area contributed by atoms with Crippen molar-refractivity contribution >= 4 is 29.9 Å². The molecule has 7 heteroatoms. The number of fused-ring (bicyclic) bond motifs is 2. The zero-order chi connectivity index (χ0) is 15.5. The Balaban J connectivity index is 0.00000192. The number of hydrogen-bond acceptors (Lipinski definition) is 2. The first-order chi connectivity index (χ1) is 10.6. The van der Waals surface area contributed by atoms with E-state index >= 15 is 0 Å². The lowest BCUT2D eigenvalue weighted by Gasteiger charge is -2.22. The Morgan fingerprint density at radius 1 is 1.26 bits per heavy atom. The largest absolute Gasteiger partial charge is 0.373 e. The van der Waals surface area contributed by atoms with E-state index in [1.54, 1.807) is 7.05 Å². The Kier molecular flexibility index (Phi) is 6.58. The van der Waals surface area contributed by atoms with Gasteiger partial charge in [-0.25, -0.2) is 8.78 Å². The van der Waals surface area contributed by atoms with Crippen molar-refractivity contribution in [1.29, 1.82) is 0 Å². The smallest absolute Gasteiger partial charge is 0.191 e. The van der Waals surface area contributed by atoms with Gasteiger partial charge in [-0.15, -0.1) is 24.0 Å². The number of rotatable bonds is 4. The zero-order valence-corrected chi connectivity index (χ0v) is 15.3. The molecule has 0 aliphatic carbocycles. The Hall–Kier alpha value is -0.960. The van der Waals surface area contributed by atoms with E-state index in [0.717, 1.165) is 25.3 Å². The van der Waals surface area contributed by atoms with Gasteiger partial charge in [-0.05, 0) is 43.4 Å². The molecule has 0 aromatic heterocycles. The fourth-order valence-corrected chi connectivity index (χ4v) is 3.24. The van der Waals surface area contributed by atoms with E-state index in [0.29, 0.717) is 36.6 Å². The number of guanidine groups is 1. The molecule has 2 heterocycles. The van der Waals surface area contributed by atoms with Crippen LogP contribution in [0.3, 0.4) is 0 Å². The van der Waals surface area contributed by atoms with Crippen LogP contribution < -0.4 is 10.6 Å². The first-order valence-corrected chi connectivity index (χ1v) is 7.71. The van der Waals surface area contributed by atoms with Gasteiger partial charge in [-0.2, -0.15) is 0 Å². The monoisotopic (exact) mass is 437 g/mol. The van der Waals surface area contributed by atoms with Gasteiger partial charge in [0.25, 0.3) is 0 Å². The van der Waals surface area contributed by atoms with Crippen LogP contribution in [-0.2, 0) is 11.2 Å². The van der Waals surface area contributed by atoms with Crippen LogP contribution in [0.15, 0.2) is 23.2 Å². The van der Waals surface area contributed by atoms with E-state index in [1.807, 2.05) is 0 Å². The van der Waals surface area contributed by atoms with Gasteiger partial charge in [0, 0.05) is 19.7 Å². The molecule has 3 atom stereocenters. The molecule has 0 saturated carbocycles. The molecule has 2 saturated heterocycles. The third-order valence-electron chi connectivity index (χ3n) is 4.28. The van der Waals surface area contributed by atoms with Crippen LogP contribution in [0.4, 0.5) is 8.78 Å². The summed E-state index contributed by atoms with van der Waals surface area (Å²) in [6.07, 6.45) is 4.46. The quantitative estimate of drug-likeness (QED) is 0.433. The minimum atomic E-state index is -0.545. The summed E-state index contributed by atoms with van der Waals surface area (Å²) in [6.45, 7) is 0.560. The molecular formula is C16H22F2IN3O. The molecule has 2 aliphatic heterocycles. The summed E-state index contributed by atoms with van der Waals surface area (Å²) in [6, 6.07) is 3.89. The molecule has 0 radical (unpaired) electrons. The van der Waals surface area contributed by atoms with E-state index < -0.39 is 11.6 Å². The fourth-order valence-electron chi connectivity index (χ4n) is 3.24. The summed E-state index contributed by atoms with van der Waals surface area (Å²) >= 11 is 0. The first-order valence-electron chi connectivity index (χ1n) is 7.71. The van der Waals surface area contributed by atoms with Crippen molar-refractivity contribution < 1.29 is 13.5 Å². The lowest BCUT2D eigenvalue weighted by atomic mass is 9.96. The molecule has 1 aromatic rings. The Bertz CT molecular complexity index is 550. The van der Waals surface area contributed by atoms with E-state index in [9.17, 15) is 8.78 Å². The summed E-state index contributed by atoms with van der Waals surface area (Å²) in [7, 11) is 1.71. The number of hydrogen-bond donors (Lipinski definition) is 2. The van der Waals surface area contributed by atoms with Crippen molar-refractivity contribution in [2.75, 3.05) is 13.6 Å². The molecule has 4 nitrogen and oxygen atoms in total. The molecule has 23 heavy (non-hydrogen) atoms. The van der Waals surface area contributed by atoms with Gasteiger partial charge in [0.15, 0.2) is 5.96 Å². The van der Waals surface area contributed by atoms with Crippen LogP contribution in [0.1, 0.15) is 24.8 Å². The Labute approximate surface area is 152 Å². The van der Waals surface area contributed by atoms with Gasteiger partial charge < -0.3 is 15.4 Å². The lowest BCUT2D eigenvalue weighted by Crippen LogP contribution is -2.47. The molecule has 1 aromatic carbocycles. The zero-order valence-electron chi connectivity index (χ0n) is 13.0. The van der Waals surface area contributed by atoms with E-state index in [4.69, 9.17) is 4.74 Å². The van der Waals surface area contributed by atoms with Gasteiger partial charge in [0.05, 0.1) is 18.2 Å². The molecule has 2 fully saturated rings. The maximum Gasteiger partial charge on any atom is 0.191 e. The highest BCUT2D eigenvalue weighted by Gasteiger charge is 2.41. The number of nitrogens with zero attached hydrogens (tertiary/aromatic N) is 1. The van der Waals surface area contributed by atoms with Crippen LogP contribution in [0.25, 0.3) is 0 Å².